The van der Waals surface area contributed by atoms with Crippen molar-refractivity contribution in [3.8, 4) is 0 Å². The number of hydrogen-bond acceptors (Lipinski definition) is 3. The number of carboxylic acid groups (broad SMARTS) is 1. The van der Waals surface area contributed by atoms with Gasteiger partial charge in [0.1, 0.15) is 12.4 Å². The van der Waals surface area contributed by atoms with Crippen LogP contribution in [0.15, 0.2) is 6.07 Å². The number of carbonyl (C=O) groups excluding carboxylic acids is 1. The Morgan fingerprint density at radius 3 is 2.95 bits per heavy atom. The number of nitrogens with zero attached hydrogens (tertiary/aromatic N) is 2. The molecule has 1 fully saturated rings. The smallest absolute Gasteiger partial charge is 0.337 e. The number of hydrogen-bond donors (Lipinski definition) is 1. The lowest BCUT2D eigenvalue weighted by Crippen LogP contribution is -2.38. The molecule has 0 radical (unpaired) electrons. The highest BCUT2D eigenvalue weighted by atomic mass is 19.1. The molecule has 0 spiro atoms. The van der Waals surface area contributed by atoms with E-state index in [4.69, 9.17) is 4.74 Å². The van der Waals surface area contributed by atoms with E-state index >= 15 is 0 Å². The Balaban J connectivity index is 1.98. The number of fused-ring (bicyclic) bond motifs is 1. The second-order valence-corrected chi connectivity index (χ2v) is 5.35. The standard InChI is InChI=1S/C14H17FN2O4/c15-7-9-2-1-3-16(9)13(18)11-6-10(14(19)20)12-8-21-5-4-17(11)12/h6,9H,1-5,7-8H2,(H,19,20)/t9-/m1/s1. The Kier molecular flexibility index (Phi) is 3.67. The molecule has 0 aromatic carbocycles. The van der Waals surface area contributed by atoms with Crippen molar-refractivity contribution in [3.63, 3.8) is 0 Å². The zero-order valence-corrected chi connectivity index (χ0v) is 11.5. The molecule has 0 aliphatic carbocycles. The van der Waals surface area contributed by atoms with Crippen molar-refractivity contribution in [3.05, 3.63) is 23.0 Å². The van der Waals surface area contributed by atoms with Gasteiger partial charge in [-0.25, -0.2) is 9.18 Å². The van der Waals surface area contributed by atoms with Gasteiger partial charge in [0.2, 0.25) is 0 Å². The number of halogens is 1. The molecule has 2 aliphatic rings. The molecule has 3 heterocycles. The summed E-state index contributed by atoms with van der Waals surface area (Å²) in [4.78, 5) is 25.4. The highest BCUT2D eigenvalue weighted by Gasteiger charge is 2.33. The molecule has 0 saturated carbocycles. The van der Waals surface area contributed by atoms with E-state index < -0.39 is 18.7 Å². The zero-order chi connectivity index (χ0) is 15.0. The number of likely N-dealkylation sites (tertiary alicyclic amines) is 1. The fraction of sp³-hybridized carbons (Fsp3) is 0.571. The molecule has 3 rings (SSSR count). The summed E-state index contributed by atoms with van der Waals surface area (Å²) in [5.41, 5.74) is 0.924. The van der Waals surface area contributed by atoms with E-state index in [1.165, 1.54) is 11.0 Å². The topological polar surface area (TPSA) is 71.8 Å². The van der Waals surface area contributed by atoms with Crippen LogP contribution in [-0.2, 0) is 17.9 Å². The van der Waals surface area contributed by atoms with E-state index in [2.05, 4.69) is 0 Å². The summed E-state index contributed by atoms with van der Waals surface area (Å²) in [7, 11) is 0. The van der Waals surface area contributed by atoms with E-state index in [0.29, 0.717) is 37.5 Å². The minimum atomic E-state index is -1.08. The highest BCUT2D eigenvalue weighted by Crippen LogP contribution is 2.25. The van der Waals surface area contributed by atoms with Gasteiger partial charge in [0.05, 0.1) is 30.5 Å². The molecule has 2 aliphatic heterocycles. The van der Waals surface area contributed by atoms with Crippen molar-refractivity contribution in [1.29, 1.82) is 0 Å². The Morgan fingerprint density at radius 2 is 2.24 bits per heavy atom. The van der Waals surface area contributed by atoms with Crippen LogP contribution in [0.25, 0.3) is 0 Å². The van der Waals surface area contributed by atoms with Gasteiger partial charge in [-0.3, -0.25) is 4.79 Å². The summed E-state index contributed by atoms with van der Waals surface area (Å²) in [5.74, 6) is -1.36. The highest BCUT2D eigenvalue weighted by molar-refractivity contribution is 5.98. The summed E-state index contributed by atoms with van der Waals surface area (Å²) in [5, 5.41) is 9.25. The number of aromatic nitrogens is 1. The lowest BCUT2D eigenvalue weighted by Gasteiger charge is -2.24. The fourth-order valence-electron chi connectivity index (χ4n) is 3.10. The molecular formula is C14H17FN2O4. The van der Waals surface area contributed by atoms with E-state index in [9.17, 15) is 19.1 Å². The van der Waals surface area contributed by atoms with Gasteiger partial charge >= 0.3 is 5.97 Å². The van der Waals surface area contributed by atoms with Gasteiger partial charge in [-0.1, -0.05) is 0 Å². The molecule has 21 heavy (non-hydrogen) atoms. The maximum Gasteiger partial charge on any atom is 0.337 e. The summed E-state index contributed by atoms with van der Waals surface area (Å²) < 4.78 is 20.0. The first-order chi connectivity index (χ1) is 10.1. The first-order valence-corrected chi connectivity index (χ1v) is 7.04. The molecule has 1 aromatic heterocycles. The summed E-state index contributed by atoms with van der Waals surface area (Å²) >= 11 is 0. The normalized spacial score (nSPS) is 21.4. The molecule has 0 unspecified atom stereocenters. The van der Waals surface area contributed by atoms with Crippen molar-refractivity contribution < 1.29 is 23.8 Å². The average molecular weight is 296 g/mol. The fourth-order valence-corrected chi connectivity index (χ4v) is 3.10. The van der Waals surface area contributed by atoms with Crippen LogP contribution in [0.4, 0.5) is 4.39 Å². The van der Waals surface area contributed by atoms with Crippen molar-refractivity contribution in [2.45, 2.75) is 32.0 Å². The van der Waals surface area contributed by atoms with Gasteiger partial charge < -0.3 is 19.3 Å². The lowest BCUT2D eigenvalue weighted by atomic mass is 10.2. The van der Waals surface area contributed by atoms with Crippen molar-refractivity contribution in [2.75, 3.05) is 19.8 Å². The Bertz CT molecular complexity index is 584. The Labute approximate surface area is 121 Å². The Hall–Kier alpha value is -1.89. The van der Waals surface area contributed by atoms with Crippen molar-refractivity contribution >= 4 is 11.9 Å². The number of amides is 1. The minimum Gasteiger partial charge on any atom is -0.478 e. The molecule has 1 saturated heterocycles. The second-order valence-electron chi connectivity index (χ2n) is 5.35. The van der Waals surface area contributed by atoms with Gasteiger partial charge in [0, 0.05) is 13.1 Å². The third-order valence-electron chi connectivity index (χ3n) is 4.17. The predicted octanol–water partition coefficient (Wildman–Crippen LogP) is 1.29. The summed E-state index contributed by atoms with van der Waals surface area (Å²) in [6.07, 6.45) is 1.44. The number of ether oxygens (including phenoxy) is 1. The first kappa shape index (κ1) is 14.1. The number of carbonyl (C=O) groups is 2. The molecule has 7 heteroatoms. The van der Waals surface area contributed by atoms with Gasteiger partial charge in [0.25, 0.3) is 5.91 Å². The van der Waals surface area contributed by atoms with Crippen LogP contribution in [0, 0.1) is 0 Å². The van der Waals surface area contributed by atoms with Crippen LogP contribution in [0.5, 0.6) is 0 Å². The molecular weight excluding hydrogens is 279 g/mol. The quantitative estimate of drug-likeness (QED) is 0.912. The number of aromatic carboxylic acids is 1. The third-order valence-corrected chi connectivity index (χ3v) is 4.17. The monoisotopic (exact) mass is 296 g/mol. The molecule has 0 bridgehead atoms. The zero-order valence-electron chi connectivity index (χ0n) is 11.5. The Morgan fingerprint density at radius 1 is 1.43 bits per heavy atom. The summed E-state index contributed by atoms with van der Waals surface area (Å²) in [6.45, 7) is 1.02. The van der Waals surface area contributed by atoms with Crippen LogP contribution in [0.2, 0.25) is 0 Å². The maximum absolute atomic E-state index is 13.0. The molecule has 1 amide bonds. The van der Waals surface area contributed by atoms with E-state index in [-0.39, 0.29) is 18.1 Å². The van der Waals surface area contributed by atoms with Crippen LogP contribution in [0.3, 0.4) is 0 Å². The van der Waals surface area contributed by atoms with Gasteiger partial charge in [-0.2, -0.15) is 0 Å². The number of rotatable bonds is 3. The minimum absolute atomic E-state index is 0.0917. The predicted molar refractivity (Wildman–Crippen MR) is 71.1 cm³/mol. The van der Waals surface area contributed by atoms with Crippen LogP contribution < -0.4 is 0 Å². The van der Waals surface area contributed by atoms with E-state index in [0.717, 1.165) is 6.42 Å². The largest absolute Gasteiger partial charge is 0.478 e. The molecule has 1 aromatic rings. The van der Waals surface area contributed by atoms with Gasteiger partial charge in [0.15, 0.2) is 0 Å². The number of alkyl halides is 1. The van der Waals surface area contributed by atoms with Gasteiger partial charge in [-0.05, 0) is 18.9 Å². The molecule has 1 N–H and O–H groups in total. The van der Waals surface area contributed by atoms with E-state index in [1.807, 2.05) is 0 Å². The van der Waals surface area contributed by atoms with E-state index in [1.54, 1.807) is 4.57 Å². The van der Waals surface area contributed by atoms with Crippen molar-refractivity contribution in [2.24, 2.45) is 0 Å². The molecule has 1 atom stereocenters. The number of carboxylic acids is 1. The summed E-state index contributed by atoms with van der Waals surface area (Å²) in [6, 6.07) is 0.999. The van der Waals surface area contributed by atoms with Crippen LogP contribution >= 0.6 is 0 Å². The third kappa shape index (κ3) is 2.31. The molecule has 6 nitrogen and oxygen atoms in total. The van der Waals surface area contributed by atoms with Crippen LogP contribution in [0.1, 0.15) is 39.4 Å². The maximum atomic E-state index is 13.0. The van der Waals surface area contributed by atoms with Crippen molar-refractivity contribution in [1.82, 2.24) is 9.47 Å². The second kappa shape index (κ2) is 5.48. The molecule has 114 valence electrons. The first-order valence-electron chi connectivity index (χ1n) is 7.04. The average Bonchev–Trinajstić information content (AvgIpc) is 3.11. The SMILES string of the molecule is O=C(O)c1cc(C(=O)N2CCC[C@@H]2CF)n2c1COCC2. The van der Waals surface area contributed by atoms with Gasteiger partial charge in [-0.15, -0.1) is 0 Å². The van der Waals surface area contributed by atoms with Crippen LogP contribution in [-0.4, -0.2) is 52.3 Å². The lowest BCUT2D eigenvalue weighted by molar-refractivity contribution is 0.0632.